The molecule has 1 fully saturated rings. The van der Waals surface area contributed by atoms with Gasteiger partial charge in [-0.1, -0.05) is 31.5 Å². The number of nitrogens with zero attached hydrogens (tertiary/aromatic N) is 4. The average molecular weight is 492 g/mol. The second-order valence-electron chi connectivity index (χ2n) is 9.94. The van der Waals surface area contributed by atoms with Crippen molar-refractivity contribution in [3.8, 4) is 5.75 Å². The van der Waals surface area contributed by atoms with Crippen LogP contribution in [-0.2, 0) is 6.42 Å². The van der Waals surface area contributed by atoms with E-state index >= 15 is 0 Å². The Labute approximate surface area is 211 Å². The number of Topliss-reactive ketones (excluding diaryl/α,β-unsaturated/α-hetero) is 1. The summed E-state index contributed by atoms with van der Waals surface area (Å²) < 4.78 is 5.38. The van der Waals surface area contributed by atoms with E-state index in [1.807, 2.05) is 36.4 Å². The third-order valence-corrected chi connectivity index (χ3v) is 6.88. The van der Waals surface area contributed by atoms with E-state index in [0.29, 0.717) is 28.8 Å². The SMILES string of the molecule is COc1cccc(N2CCN(c3nc4c(c(Nc5ccc(Cl)cc5)n3)C(=O)CC(C)(C)C4)CC2)c1. The van der Waals surface area contributed by atoms with E-state index < -0.39 is 0 Å². The van der Waals surface area contributed by atoms with Gasteiger partial charge in [-0.2, -0.15) is 4.98 Å². The maximum absolute atomic E-state index is 13.1. The topological polar surface area (TPSA) is 70.6 Å². The molecule has 0 bridgehead atoms. The molecule has 2 aromatic carbocycles. The number of carbonyl (C=O) groups is 1. The number of carbonyl (C=O) groups excluding carboxylic acids is 1. The van der Waals surface area contributed by atoms with Gasteiger partial charge in [-0.25, -0.2) is 4.98 Å². The van der Waals surface area contributed by atoms with Gasteiger partial charge in [0.05, 0.1) is 18.4 Å². The molecule has 0 amide bonds. The van der Waals surface area contributed by atoms with Crippen molar-refractivity contribution in [3.05, 3.63) is 64.8 Å². The third kappa shape index (κ3) is 5.05. The summed E-state index contributed by atoms with van der Waals surface area (Å²) in [5, 5.41) is 4.02. The summed E-state index contributed by atoms with van der Waals surface area (Å²) in [7, 11) is 1.69. The number of benzene rings is 2. The van der Waals surface area contributed by atoms with Crippen LogP contribution in [0.15, 0.2) is 48.5 Å². The first-order valence-corrected chi connectivity index (χ1v) is 12.3. The Balaban J connectivity index is 1.43. The van der Waals surface area contributed by atoms with Crippen molar-refractivity contribution in [2.24, 2.45) is 5.41 Å². The molecule has 2 heterocycles. The molecule has 2 aliphatic rings. The fourth-order valence-electron chi connectivity index (χ4n) is 4.83. The van der Waals surface area contributed by atoms with Crippen LogP contribution in [0.5, 0.6) is 5.75 Å². The Hall–Kier alpha value is -3.32. The lowest BCUT2D eigenvalue weighted by Gasteiger charge is -2.37. The molecule has 0 radical (unpaired) electrons. The van der Waals surface area contributed by atoms with E-state index in [-0.39, 0.29) is 11.2 Å². The summed E-state index contributed by atoms with van der Waals surface area (Å²) >= 11 is 6.06. The monoisotopic (exact) mass is 491 g/mol. The number of fused-ring (bicyclic) bond motifs is 1. The molecular formula is C27H30ClN5O2. The standard InChI is InChI=1S/C27H30ClN5O2/c1-27(2)16-22-24(23(34)17-27)25(29-19-9-7-18(28)8-10-19)31-26(30-22)33-13-11-32(12-14-33)20-5-4-6-21(15-20)35-3/h4-10,15H,11-14,16-17H2,1-3H3,(H,29,30,31). The Morgan fingerprint density at radius 1 is 0.971 bits per heavy atom. The minimum Gasteiger partial charge on any atom is -0.497 e. The zero-order valence-corrected chi connectivity index (χ0v) is 21.1. The first kappa shape index (κ1) is 23.4. The molecule has 0 unspecified atom stereocenters. The van der Waals surface area contributed by atoms with E-state index in [2.05, 4.69) is 41.1 Å². The Morgan fingerprint density at radius 3 is 2.40 bits per heavy atom. The van der Waals surface area contributed by atoms with Gasteiger partial charge in [-0.3, -0.25) is 4.79 Å². The highest BCUT2D eigenvalue weighted by molar-refractivity contribution is 6.30. The smallest absolute Gasteiger partial charge is 0.227 e. The van der Waals surface area contributed by atoms with E-state index in [1.165, 1.54) is 0 Å². The van der Waals surface area contributed by atoms with Gasteiger partial charge in [0.1, 0.15) is 11.6 Å². The molecule has 1 aromatic heterocycles. The molecule has 1 aliphatic carbocycles. The summed E-state index contributed by atoms with van der Waals surface area (Å²) in [6.07, 6.45) is 1.22. The quantitative estimate of drug-likeness (QED) is 0.514. The highest BCUT2D eigenvalue weighted by Gasteiger charge is 2.35. The summed E-state index contributed by atoms with van der Waals surface area (Å²) in [5.74, 6) is 2.18. The van der Waals surface area contributed by atoms with Crippen LogP contribution in [0.3, 0.4) is 0 Å². The van der Waals surface area contributed by atoms with Gasteiger partial charge in [-0.15, -0.1) is 0 Å². The number of ketones is 1. The highest BCUT2D eigenvalue weighted by atomic mass is 35.5. The van der Waals surface area contributed by atoms with Crippen molar-refractivity contribution in [2.45, 2.75) is 26.7 Å². The van der Waals surface area contributed by atoms with Crippen molar-refractivity contribution in [3.63, 3.8) is 0 Å². The Morgan fingerprint density at radius 2 is 1.69 bits per heavy atom. The lowest BCUT2D eigenvalue weighted by Crippen LogP contribution is -2.47. The third-order valence-electron chi connectivity index (χ3n) is 6.62. The largest absolute Gasteiger partial charge is 0.497 e. The lowest BCUT2D eigenvalue weighted by molar-refractivity contribution is 0.0911. The molecule has 0 saturated carbocycles. The van der Waals surface area contributed by atoms with Crippen molar-refractivity contribution in [2.75, 3.05) is 48.4 Å². The minimum absolute atomic E-state index is 0.0853. The van der Waals surface area contributed by atoms with Gasteiger partial charge in [0.2, 0.25) is 5.95 Å². The van der Waals surface area contributed by atoms with Crippen LogP contribution in [0, 0.1) is 5.41 Å². The van der Waals surface area contributed by atoms with Gasteiger partial charge in [0.15, 0.2) is 5.78 Å². The van der Waals surface area contributed by atoms with Crippen molar-refractivity contribution < 1.29 is 9.53 Å². The van der Waals surface area contributed by atoms with Gasteiger partial charge in [0, 0.05) is 55.1 Å². The van der Waals surface area contributed by atoms with Crippen LogP contribution in [0.2, 0.25) is 5.02 Å². The summed E-state index contributed by atoms with van der Waals surface area (Å²) in [6, 6.07) is 15.6. The lowest BCUT2D eigenvalue weighted by atomic mass is 9.75. The van der Waals surface area contributed by atoms with Crippen LogP contribution in [0.1, 0.15) is 36.3 Å². The summed E-state index contributed by atoms with van der Waals surface area (Å²) in [5.41, 5.74) is 3.29. The van der Waals surface area contributed by atoms with Crippen molar-refractivity contribution >= 4 is 40.5 Å². The predicted octanol–water partition coefficient (Wildman–Crippen LogP) is 5.36. The second-order valence-corrected chi connectivity index (χ2v) is 10.4. The number of rotatable bonds is 5. The van der Waals surface area contributed by atoms with Crippen LogP contribution in [0.4, 0.5) is 23.1 Å². The van der Waals surface area contributed by atoms with Gasteiger partial charge >= 0.3 is 0 Å². The molecule has 1 aliphatic heterocycles. The number of hydrogen-bond donors (Lipinski definition) is 1. The number of anilines is 4. The molecule has 5 rings (SSSR count). The Kier molecular flexibility index (Phi) is 6.28. The number of ether oxygens (including phenoxy) is 1. The molecule has 8 heteroatoms. The first-order valence-electron chi connectivity index (χ1n) is 11.9. The van der Waals surface area contributed by atoms with Gasteiger partial charge in [0.25, 0.3) is 0 Å². The molecule has 0 spiro atoms. The average Bonchev–Trinajstić information content (AvgIpc) is 2.84. The molecule has 7 nitrogen and oxygen atoms in total. The number of halogens is 1. The van der Waals surface area contributed by atoms with E-state index in [0.717, 1.165) is 55.4 Å². The zero-order chi connectivity index (χ0) is 24.6. The zero-order valence-electron chi connectivity index (χ0n) is 20.3. The molecule has 0 atom stereocenters. The number of piperazine rings is 1. The fraction of sp³-hybridized carbons (Fsp3) is 0.370. The molecule has 3 aromatic rings. The Bertz CT molecular complexity index is 1240. The van der Waals surface area contributed by atoms with Crippen molar-refractivity contribution in [1.82, 2.24) is 9.97 Å². The van der Waals surface area contributed by atoms with Crippen LogP contribution >= 0.6 is 11.6 Å². The summed E-state index contributed by atoms with van der Waals surface area (Å²) in [6.45, 7) is 7.50. The number of hydrogen-bond acceptors (Lipinski definition) is 7. The maximum Gasteiger partial charge on any atom is 0.227 e. The molecular weight excluding hydrogens is 462 g/mol. The number of aromatic nitrogens is 2. The fourth-order valence-corrected chi connectivity index (χ4v) is 4.95. The minimum atomic E-state index is -0.127. The molecule has 1 saturated heterocycles. The van der Waals surface area contributed by atoms with Crippen molar-refractivity contribution in [1.29, 1.82) is 0 Å². The maximum atomic E-state index is 13.1. The van der Waals surface area contributed by atoms with Crippen LogP contribution < -0.4 is 19.9 Å². The van der Waals surface area contributed by atoms with E-state index in [4.69, 9.17) is 26.3 Å². The van der Waals surface area contributed by atoms with Gasteiger partial charge < -0.3 is 19.9 Å². The molecule has 182 valence electrons. The van der Waals surface area contributed by atoms with Crippen LogP contribution in [-0.4, -0.2) is 49.0 Å². The number of methoxy groups -OCH3 is 1. The highest BCUT2D eigenvalue weighted by Crippen LogP contribution is 2.38. The van der Waals surface area contributed by atoms with Crippen LogP contribution in [0.25, 0.3) is 0 Å². The summed E-state index contributed by atoms with van der Waals surface area (Å²) in [4.78, 5) is 27.5. The van der Waals surface area contributed by atoms with E-state index in [1.54, 1.807) is 7.11 Å². The second kappa shape index (κ2) is 9.38. The number of nitrogens with one attached hydrogen (secondary N) is 1. The van der Waals surface area contributed by atoms with Gasteiger partial charge in [-0.05, 0) is 48.2 Å². The molecule has 35 heavy (non-hydrogen) atoms. The van der Waals surface area contributed by atoms with E-state index in [9.17, 15) is 4.79 Å². The predicted molar refractivity (Wildman–Crippen MR) is 141 cm³/mol. The first-order chi connectivity index (χ1) is 16.8. The molecule has 1 N–H and O–H groups in total. The normalized spacial score (nSPS) is 17.2.